The number of aliphatic hydroxyl groups excluding tert-OH is 1. The molecule has 162 valence electrons. The molecule has 2 aromatic carbocycles. The molecule has 2 N–H and O–H groups in total. The standard InChI is InChI=1S/C23H23NO6S/c1-5-30-23(27)19-21(26)18(31-22(19)24-15-8-6-13(2)7-9-15)12-14-10-16(28-3)20(25)17(11-14)29-4/h6-12,25-26H,5H2,1-4H3. The molecule has 1 heterocycles. The van der Waals surface area contributed by atoms with Gasteiger partial charge in [0.05, 0.1) is 31.4 Å². The van der Waals surface area contributed by atoms with Crippen molar-refractivity contribution < 1.29 is 29.2 Å². The first-order valence-corrected chi connectivity index (χ1v) is 10.3. The Balaban J connectivity index is 2.08. The van der Waals surface area contributed by atoms with Crippen molar-refractivity contribution >= 4 is 34.5 Å². The SMILES string of the molecule is CCOC(=O)C1=C(O)C(=Cc2cc(OC)c(O)c(OC)c2)SC1=Nc1ccc(C)cc1. The molecule has 0 saturated carbocycles. The van der Waals surface area contributed by atoms with Gasteiger partial charge in [0, 0.05) is 0 Å². The summed E-state index contributed by atoms with van der Waals surface area (Å²) in [5.74, 6) is -0.559. The summed E-state index contributed by atoms with van der Waals surface area (Å²) in [5, 5.41) is 21.3. The molecule has 0 fully saturated rings. The van der Waals surface area contributed by atoms with Gasteiger partial charge in [-0.1, -0.05) is 29.5 Å². The van der Waals surface area contributed by atoms with Crippen LogP contribution in [0, 0.1) is 6.92 Å². The molecule has 0 aromatic heterocycles. The van der Waals surface area contributed by atoms with Gasteiger partial charge in [-0.25, -0.2) is 9.79 Å². The maximum atomic E-state index is 12.5. The lowest BCUT2D eigenvalue weighted by atomic mass is 10.1. The van der Waals surface area contributed by atoms with E-state index in [9.17, 15) is 15.0 Å². The molecule has 0 spiro atoms. The Hall–Kier alpha value is -3.39. The van der Waals surface area contributed by atoms with E-state index in [0.717, 1.165) is 17.3 Å². The molecule has 0 radical (unpaired) electrons. The fourth-order valence-corrected chi connectivity index (χ4v) is 3.91. The molecule has 8 heteroatoms. The van der Waals surface area contributed by atoms with Crippen molar-refractivity contribution in [3.8, 4) is 17.2 Å². The van der Waals surface area contributed by atoms with Crippen molar-refractivity contribution in [2.24, 2.45) is 4.99 Å². The van der Waals surface area contributed by atoms with Crippen LogP contribution in [0.1, 0.15) is 18.1 Å². The minimum absolute atomic E-state index is 0.0105. The van der Waals surface area contributed by atoms with Crippen LogP contribution < -0.4 is 9.47 Å². The third-order valence-corrected chi connectivity index (χ3v) is 5.45. The second-order valence-electron chi connectivity index (χ2n) is 6.58. The number of thioether (sulfide) groups is 1. The number of esters is 1. The summed E-state index contributed by atoms with van der Waals surface area (Å²) in [6.45, 7) is 3.84. The highest BCUT2D eigenvalue weighted by Crippen LogP contribution is 2.42. The highest BCUT2D eigenvalue weighted by Gasteiger charge is 2.33. The Morgan fingerprint density at radius 3 is 2.26 bits per heavy atom. The largest absolute Gasteiger partial charge is 0.506 e. The molecule has 0 unspecified atom stereocenters. The number of aryl methyl sites for hydroxylation is 1. The maximum Gasteiger partial charge on any atom is 0.344 e. The zero-order valence-corrected chi connectivity index (χ0v) is 18.4. The average Bonchev–Trinajstić information content (AvgIpc) is 3.05. The van der Waals surface area contributed by atoms with Crippen LogP contribution in [0.25, 0.3) is 6.08 Å². The number of phenolic OH excluding ortho intramolecular Hbond substituents is 1. The Morgan fingerprint density at radius 2 is 1.71 bits per heavy atom. The Kier molecular flexibility index (Phi) is 6.91. The van der Waals surface area contributed by atoms with E-state index in [0.29, 0.717) is 21.2 Å². The number of hydrogen-bond donors (Lipinski definition) is 2. The fourth-order valence-electron chi connectivity index (χ4n) is 2.88. The second-order valence-corrected chi connectivity index (χ2v) is 7.61. The average molecular weight is 442 g/mol. The molecule has 1 aliphatic rings. The Labute approximate surface area is 184 Å². The van der Waals surface area contributed by atoms with Crippen molar-refractivity contribution in [3.05, 3.63) is 63.8 Å². The van der Waals surface area contributed by atoms with Crippen molar-refractivity contribution in [1.82, 2.24) is 0 Å². The van der Waals surface area contributed by atoms with Gasteiger partial charge in [-0.05, 0) is 49.8 Å². The van der Waals surface area contributed by atoms with E-state index in [-0.39, 0.29) is 35.2 Å². The smallest absolute Gasteiger partial charge is 0.344 e. The molecular weight excluding hydrogens is 418 g/mol. The third-order valence-electron chi connectivity index (χ3n) is 4.43. The summed E-state index contributed by atoms with van der Waals surface area (Å²) >= 11 is 1.15. The van der Waals surface area contributed by atoms with Crippen molar-refractivity contribution in [1.29, 1.82) is 0 Å². The van der Waals surface area contributed by atoms with E-state index in [4.69, 9.17) is 14.2 Å². The first-order valence-electron chi connectivity index (χ1n) is 9.48. The van der Waals surface area contributed by atoms with E-state index < -0.39 is 5.97 Å². The van der Waals surface area contributed by atoms with Crippen LogP contribution in [0.5, 0.6) is 17.2 Å². The summed E-state index contributed by atoms with van der Waals surface area (Å²) in [4.78, 5) is 17.5. The zero-order chi connectivity index (χ0) is 22.5. The van der Waals surface area contributed by atoms with Gasteiger partial charge in [0.1, 0.15) is 16.4 Å². The molecule has 0 bridgehead atoms. The van der Waals surface area contributed by atoms with E-state index >= 15 is 0 Å². The molecule has 1 aliphatic heterocycles. The number of aliphatic imine (C=N–C) groups is 1. The number of ether oxygens (including phenoxy) is 3. The van der Waals surface area contributed by atoms with Crippen molar-refractivity contribution in [2.45, 2.75) is 13.8 Å². The summed E-state index contributed by atoms with van der Waals surface area (Å²) in [6.07, 6.45) is 1.65. The number of hydrogen-bond acceptors (Lipinski definition) is 8. The zero-order valence-electron chi connectivity index (χ0n) is 17.6. The van der Waals surface area contributed by atoms with Crippen LogP contribution in [0.15, 0.2) is 57.6 Å². The lowest BCUT2D eigenvalue weighted by molar-refractivity contribution is -0.138. The van der Waals surface area contributed by atoms with E-state index in [1.54, 1.807) is 25.1 Å². The van der Waals surface area contributed by atoms with E-state index in [1.165, 1.54) is 14.2 Å². The summed E-state index contributed by atoms with van der Waals surface area (Å²) < 4.78 is 15.5. The minimum Gasteiger partial charge on any atom is -0.506 e. The molecule has 0 saturated heterocycles. The topological polar surface area (TPSA) is 97.6 Å². The number of nitrogens with zero attached hydrogens (tertiary/aromatic N) is 1. The molecule has 2 aromatic rings. The lowest BCUT2D eigenvalue weighted by Gasteiger charge is -2.10. The summed E-state index contributed by atoms with van der Waals surface area (Å²) in [5.41, 5.74) is 2.34. The van der Waals surface area contributed by atoms with Gasteiger partial charge in [0.25, 0.3) is 0 Å². The van der Waals surface area contributed by atoms with Crippen LogP contribution in [0.3, 0.4) is 0 Å². The predicted octanol–water partition coefficient (Wildman–Crippen LogP) is 4.91. The highest BCUT2D eigenvalue weighted by molar-refractivity contribution is 8.18. The molecule has 0 aliphatic carbocycles. The van der Waals surface area contributed by atoms with Gasteiger partial charge in [0.2, 0.25) is 5.75 Å². The third kappa shape index (κ3) is 4.86. The number of benzene rings is 2. The first kappa shape index (κ1) is 22.3. The molecule has 7 nitrogen and oxygen atoms in total. The number of phenols is 1. The quantitative estimate of drug-likeness (QED) is 0.615. The van der Waals surface area contributed by atoms with E-state index in [2.05, 4.69) is 4.99 Å². The molecule has 0 atom stereocenters. The summed E-state index contributed by atoms with van der Waals surface area (Å²) in [6, 6.07) is 10.7. The van der Waals surface area contributed by atoms with Gasteiger partial charge >= 0.3 is 5.97 Å². The second kappa shape index (κ2) is 9.61. The van der Waals surface area contributed by atoms with Gasteiger partial charge in [-0.3, -0.25) is 0 Å². The van der Waals surface area contributed by atoms with Crippen molar-refractivity contribution in [3.63, 3.8) is 0 Å². The lowest BCUT2D eigenvalue weighted by Crippen LogP contribution is -2.12. The number of carbonyl (C=O) groups is 1. The number of methoxy groups -OCH3 is 2. The van der Waals surface area contributed by atoms with Gasteiger partial charge < -0.3 is 24.4 Å². The first-order chi connectivity index (χ1) is 14.9. The molecule has 0 amide bonds. The number of aliphatic hydroxyl groups is 1. The van der Waals surface area contributed by atoms with Crippen LogP contribution >= 0.6 is 11.8 Å². The van der Waals surface area contributed by atoms with Gasteiger partial charge in [-0.15, -0.1) is 0 Å². The Morgan fingerprint density at radius 1 is 1.10 bits per heavy atom. The minimum atomic E-state index is -0.650. The van der Waals surface area contributed by atoms with Gasteiger partial charge in [-0.2, -0.15) is 0 Å². The number of rotatable bonds is 6. The van der Waals surface area contributed by atoms with Crippen LogP contribution in [0.2, 0.25) is 0 Å². The highest BCUT2D eigenvalue weighted by atomic mass is 32.2. The van der Waals surface area contributed by atoms with Crippen LogP contribution in [-0.2, 0) is 9.53 Å². The van der Waals surface area contributed by atoms with Crippen LogP contribution in [0.4, 0.5) is 5.69 Å². The maximum absolute atomic E-state index is 12.5. The normalized spacial score (nSPS) is 16.1. The molecular formula is C23H23NO6S. The van der Waals surface area contributed by atoms with Crippen molar-refractivity contribution in [2.75, 3.05) is 20.8 Å². The predicted molar refractivity (Wildman–Crippen MR) is 121 cm³/mol. The number of carbonyl (C=O) groups excluding carboxylic acids is 1. The van der Waals surface area contributed by atoms with Gasteiger partial charge in [0.15, 0.2) is 11.5 Å². The monoisotopic (exact) mass is 441 g/mol. The summed E-state index contributed by atoms with van der Waals surface area (Å²) in [7, 11) is 2.86. The Bertz CT molecular complexity index is 1060. The number of aromatic hydroxyl groups is 1. The molecule has 31 heavy (non-hydrogen) atoms. The van der Waals surface area contributed by atoms with E-state index in [1.807, 2.05) is 31.2 Å². The fraction of sp³-hybridized carbons (Fsp3) is 0.217. The molecule has 3 rings (SSSR count). The van der Waals surface area contributed by atoms with Crippen LogP contribution in [-0.4, -0.2) is 42.1 Å².